The maximum Gasteiger partial charge on any atom is 0.224 e. The van der Waals surface area contributed by atoms with Gasteiger partial charge in [-0.15, -0.1) is 0 Å². The van der Waals surface area contributed by atoms with Gasteiger partial charge in [0.2, 0.25) is 5.91 Å². The van der Waals surface area contributed by atoms with Gasteiger partial charge in [-0.05, 0) is 57.1 Å². The van der Waals surface area contributed by atoms with Gasteiger partial charge in [0.15, 0.2) is 0 Å². The number of hydrogen-bond acceptors (Lipinski definition) is 4. The molecule has 1 unspecified atom stereocenters. The predicted octanol–water partition coefficient (Wildman–Crippen LogP) is 4.18. The summed E-state index contributed by atoms with van der Waals surface area (Å²) in [5.41, 5.74) is 5.15. The standard InChI is InChI=1S/C27H34ClN5O/c1-20-25(21(2)33(30-20)24-12-10-23(28)11-13-24)18-27(34)29-14-7-15-32-17-16-31(3)19-26(32)22-8-5-4-6-9-22/h4-6,8-13,26H,7,14-19H2,1-3H3,(H,29,34). The number of carbonyl (C=O) groups is 1. The Labute approximate surface area is 207 Å². The van der Waals surface area contributed by atoms with Crippen LogP contribution in [0.2, 0.25) is 5.02 Å². The van der Waals surface area contributed by atoms with Crippen molar-refractivity contribution in [1.82, 2.24) is 24.9 Å². The van der Waals surface area contributed by atoms with Gasteiger partial charge in [-0.2, -0.15) is 5.10 Å². The number of piperazine rings is 1. The summed E-state index contributed by atoms with van der Waals surface area (Å²) in [5, 5.41) is 8.45. The Morgan fingerprint density at radius 3 is 2.56 bits per heavy atom. The molecule has 0 saturated carbocycles. The molecule has 0 radical (unpaired) electrons. The van der Waals surface area contributed by atoms with E-state index in [4.69, 9.17) is 11.6 Å². The molecular weight excluding hydrogens is 446 g/mol. The van der Waals surface area contributed by atoms with Crippen molar-refractivity contribution in [3.63, 3.8) is 0 Å². The zero-order valence-electron chi connectivity index (χ0n) is 20.3. The second-order valence-electron chi connectivity index (χ2n) is 9.14. The molecule has 1 amide bonds. The number of nitrogens with one attached hydrogen (secondary N) is 1. The summed E-state index contributed by atoms with van der Waals surface area (Å²) in [5.74, 6) is 0.0415. The van der Waals surface area contributed by atoms with Gasteiger partial charge in [0.25, 0.3) is 0 Å². The number of hydrogen-bond donors (Lipinski definition) is 1. The molecule has 1 aliphatic rings. The third-order valence-electron chi connectivity index (χ3n) is 6.67. The molecule has 2 heterocycles. The van der Waals surface area contributed by atoms with Crippen molar-refractivity contribution in [3.8, 4) is 5.69 Å². The second kappa shape index (κ2) is 11.2. The van der Waals surface area contributed by atoms with Gasteiger partial charge >= 0.3 is 0 Å². The zero-order valence-corrected chi connectivity index (χ0v) is 21.1. The van der Waals surface area contributed by atoms with Gasteiger partial charge in [0.1, 0.15) is 0 Å². The quantitative estimate of drug-likeness (QED) is 0.492. The van der Waals surface area contributed by atoms with Gasteiger partial charge < -0.3 is 10.2 Å². The van der Waals surface area contributed by atoms with Crippen LogP contribution in [0.15, 0.2) is 54.6 Å². The second-order valence-corrected chi connectivity index (χ2v) is 9.58. The van der Waals surface area contributed by atoms with E-state index in [0.717, 1.165) is 55.2 Å². The highest BCUT2D eigenvalue weighted by atomic mass is 35.5. The molecule has 4 rings (SSSR count). The fourth-order valence-electron chi connectivity index (χ4n) is 4.71. The van der Waals surface area contributed by atoms with E-state index in [0.29, 0.717) is 24.0 Å². The lowest BCUT2D eigenvalue weighted by Crippen LogP contribution is -2.47. The molecule has 0 spiro atoms. The molecule has 1 N–H and O–H groups in total. The Morgan fingerprint density at radius 1 is 1.09 bits per heavy atom. The Balaban J connectivity index is 1.29. The van der Waals surface area contributed by atoms with Crippen LogP contribution < -0.4 is 5.32 Å². The number of amides is 1. The first-order valence-corrected chi connectivity index (χ1v) is 12.4. The Morgan fingerprint density at radius 2 is 1.82 bits per heavy atom. The SMILES string of the molecule is Cc1nn(-c2ccc(Cl)cc2)c(C)c1CC(=O)NCCCN1CCN(C)CC1c1ccccc1. The van der Waals surface area contributed by atoms with Crippen molar-refractivity contribution < 1.29 is 4.79 Å². The van der Waals surface area contributed by atoms with Crippen molar-refractivity contribution >= 4 is 17.5 Å². The van der Waals surface area contributed by atoms with Gasteiger partial charge in [0, 0.05) is 55.0 Å². The molecular formula is C27H34ClN5O. The molecule has 7 heteroatoms. The van der Waals surface area contributed by atoms with Crippen molar-refractivity contribution in [2.24, 2.45) is 0 Å². The number of halogens is 1. The number of carbonyl (C=O) groups excluding carboxylic acids is 1. The Hall–Kier alpha value is -2.67. The topological polar surface area (TPSA) is 53.4 Å². The Kier molecular flexibility index (Phi) is 8.03. The maximum absolute atomic E-state index is 12.7. The van der Waals surface area contributed by atoms with Crippen LogP contribution in [-0.2, 0) is 11.2 Å². The molecule has 6 nitrogen and oxygen atoms in total. The van der Waals surface area contributed by atoms with Gasteiger partial charge in [0.05, 0.1) is 17.8 Å². The number of rotatable bonds is 8. The van der Waals surface area contributed by atoms with Gasteiger partial charge in [-0.25, -0.2) is 4.68 Å². The maximum atomic E-state index is 12.7. The third kappa shape index (κ3) is 5.87. The largest absolute Gasteiger partial charge is 0.356 e. The van der Waals surface area contributed by atoms with Crippen LogP contribution in [0.3, 0.4) is 0 Å². The molecule has 1 fully saturated rings. The molecule has 1 aliphatic heterocycles. The number of aryl methyl sites for hydroxylation is 1. The Bertz CT molecular complexity index is 1100. The number of benzene rings is 2. The van der Waals surface area contributed by atoms with E-state index in [1.54, 1.807) is 0 Å². The van der Waals surface area contributed by atoms with E-state index in [1.807, 2.05) is 42.8 Å². The lowest BCUT2D eigenvalue weighted by atomic mass is 10.0. The summed E-state index contributed by atoms with van der Waals surface area (Å²) in [6, 6.07) is 18.7. The van der Waals surface area contributed by atoms with E-state index in [9.17, 15) is 4.79 Å². The highest BCUT2D eigenvalue weighted by Gasteiger charge is 2.26. The summed E-state index contributed by atoms with van der Waals surface area (Å²) in [6.07, 6.45) is 1.27. The number of aromatic nitrogens is 2. The van der Waals surface area contributed by atoms with Crippen molar-refractivity contribution in [2.45, 2.75) is 32.7 Å². The average Bonchev–Trinajstić information content (AvgIpc) is 3.12. The first kappa shape index (κ1) is 24.5. The van der Waals surface area contributed by atoms with E-state index >= 15 is 0 Å². The minimum Gasteiger partial charge on any atom is -0.356 e. The van der Waals surface area contributed by atoms with Crippen LogP contribution in [0.5, 0.6) is 0 Å². The van der Waals surface area contributed by atoms with Crippen molar-refractivity contribution in [1.29, 1.82) is 0 Å². The van der Waals surface area contributed by atoms with E-state index in [1.165, 1.54) is 5.56 Å². The summed E-state index contributed by atoms with van der Waals surface area (Å²) in [6.45, 7) is 8.77. The van der Waals surface area contributed by atoms with Gasteiger partial charge in [-0.1, -0.05) is 41.9 Å². The van der Waals surface area contributed by atoms with Crippen LogP contribution in [0.1, 0.15) is 35.0 Å². The van der Waals surface area contributed by atoms with Crippen molar-refractivity contribution in [2.75, 3.05) is 39.8 Å². The van der Waals surface area contributed by atoms with Crippen molar-refractivity contribution in [3.05, 3.63) is 82.1 Å². The molecule has 0 bridgehead atoms. The summed E-state index contributed by atoms with van der Waals surface area (Å²) >= 11 is 6.01. The third-order valence-corrected chi connectivity index (χ3v) is 6.92. The monoisotopic (exact) mass is 479 g/mol. The smallest absolute Gasteiger partial charge is 0.224 e. The number of likely N-dealkylation sites (N-methyl/N-ethyl adjacent to an activating group) is 1. The number of nitrogens with zero attached hydrogens (tertiary/aromatic N) is 4. The van der Waals surface area contributed by atoms with Crippen LogP contribution >= 0.6 is 11.6 Å². The fourth-order valence-corrected chi connectivity index (χ4v) is 4.84. The van der Waals surface area contributed by atoms with Crippen LogP contribution in [0.4, 0.5) is 0 Å². The van der Waals surface area contributed by atoms with E-state index in [2.05, 4.69) is 57.6 Å². The van der Waals surface area contributed by atoms with E-state index < -0.39 is 0 Å². The summed E-state index contributed by atoms with van der Waals surface area (Å²) in [7, 11) is 2.19. The first-order valence-electron chi connectivity index (χ1n) is 12.0. The zero-order chi connectivity index (χ0) is 24.1. The summed E-state index contributed by atoms with van der Waals surface area (Å²) < 4.78 is 1.88. The molecule has 34 heavy (non-hydrogen) atoms. The highest BCUT2D eigenvalue weighted by molar-refractivity contribution is 6.30. The lowest BCUT2D eigenvalue weighted by Gasteiger charge is -2.40. The van der Waals surface area contributed by atoms with E-state index in [-0.39, 0.29) is 5.91 Å². The molecule has 180 valence electrons. The summed E-state index contributed by atoms with van der Waals surface area (Å²) in [4.78, 5) is 17.6. The molecule has 0 aliphatic carbocycles. The van der Waals surface area contributed by atoms with Crippen LogP contribution in [0.25, 0.3) is 5.69 Å². The minimum atomic E-state index is 0.0415. The molecule has 1 atom stereocenters. The molecule has 1 aromatic heterocycles. The highest BCUT2D eigenvalue weighted by Crippen LogP contribution is 2.25. The molecule has 1 saturated heterocycles. The fraction of sp³-hybridized carbons (Fsp3) is 0.407. The minimum absolute atomic E-state index is 0.0415. The predicted molar refractivity (Wildman–Crippen MR) is 138 cm³/mol. The van der Waals surface area contributed by atoms with Gasteiger partial charge in [-0.3, -0.25) is 9.69 Å². The molecule has 2 aromatic carbocycles. The molecule has 3 aromatic rings. The first-order chi connectivity index (χ1) is 16.4. The van der Waals surface area contributed by atoms with Crippen LogP contribution in [-0.4, -0.2) is 65.3 Å². The lowest BCUT2D eigenvalue weighted by molar-refractivity contribution is -0.120. The van der Waals surface area contributed by atoms with Crippen LogP contribution in [0, 0.1) is 13.8 Å². The average molecular weight is 480 g/mol. The normalized spacial score (nSPS) is 17.1.